The van der Waals surface area contributed by atoms with Gasteiger partial charge in [-0.05, 0) is 26.7 Å². The van der Waals surface area contributed by atoms with Crippen LogP contribution in [0.3, 0.4) is 0 Å². The molecule has 60 valence electrons. The first-order valence-corrected chi connectivity index (χ1v) is 3.98. The molecule has 0 N–H and O–H groups in total. The van der Waals surface area contributed by atoms with Crippen molar-refractivity contribution in [2.45, 2.75) is 46.6 Å². The Kier molecular flexibility index (Phi) is 4.99. The van der Waals surface area contributed by atoms with E-state index in [1.54, 1.807) is 0 Å². The average Bonchev–Trinajstić information content (AvgIpc) is 2.00. The van der Waals surface area contributed by atoms with Crippen molar-refractivity contribution in [1.82, 2.24) is 0 Å². The van der Waals surface area contributed by atoms with Crippen LogP contribution < -0.4 is 0 Å². The zero-order valence-corrected chi connectivity index (χ0v) is 7.35. The first kappa shape index (κ1) is 9.47. The highest BCUT2D eigenvalue weighted by Gasteiger charge is 2.07. The normalized spacial score (nSPS) is 23.6. The van der Waals surface area contributed by atoms with Gasteiger partial charge in [-0.15, -0.1) is 0 Å². The van der Waals surface area contributed by atoms with E-state index in [-0.39, 0.29) is 0 Å². The molecule has 0 amide bonds. The van der Waals surface area contributed by atoms with Gasteiger partial charge in [-0.2, -0.15) is 0 Å². The Hall–Kier alpha value is -0.530. The molecule has 0 aromatic carbocycles. The van der Waals surface area contributed by atoms with Crippen LogP contribution in [0.25, 0.3) is 0 Å². The van der Waals surface area contributed by atoms with Gasteiger partial charge in [0.15, 0.2) is 0 Å². The number of oxime groups is 1. The summed E-state index contributed by atoms with van der Waals surface area (Å²) < 4.78 is 0. The Labute approximate surface area is 63.3 Å². The maximum absolute atomic E-state index is 4.98. The molecule has 2 nitrogen and oxygen atoms in total. The predicted octanol–water partition coefficient (Wildman–Crippen LogP) is 2.59. The quantitative estimate of drug-likeness (QED) is 0.510. The standard InChI is InChI=1S/C6H11NO.C2H6/c1-5-3-4-6(2)8-7-5;1-2/h6H,3-4H2,1-2H3;1-2H3. The van der Waals surface area contributed by atoms with Crippen LogP contribution in [0.15, 0.2) is 5.16 Å². The molecule has 0 aromatic rings. The molecule has 0 fully saturated rings. The van der Waals surface area contributed by atoms with Crippen molar-refractivity contribution < 1.29 is 4.84 Å². The SMILES string of the molecule is CC.CC1=NOC(C)CC1. The lowest BCUT2D eigenvalue weighted by Crippen LogP contribution is -2.12. The predicted molar refractivity (Wildman–Crippen MR) is 44.2 cm³/mol. The highest BCUT2D eigenvalue weighted by molar-refractivity contribution is 5.81. The molecular formula is C8H17NO. The molecule has 0 radical (unpaired) electrons. The highest BCUT2D eigenvalue weighted by atomic mass is 16.6. The van der Waals surface area contributed by atoms with E-state index in [9.17, 15) is 0 Å². The van der Waals surface area contributed by atoms with Crippen LogP contribution in [0.2, 0.25) is 0 Å². The summed E-state index contributed by atoms with van der Waals surface area (Å²) in [5, 5.41) is 3.83. The summed E-state index contributed by atoms with van der Waals surface area (Å²) in [5.74, 6) is 0. The molecular weight excluding hydrogens is 126 g/mol. The molecule has 1 unspecified atom stereocenters. The van der Waals surface area contributed by atoms with Crippen molar-refractivity contribution in [2.24, 2.45) is 5.16 Å². The Morgan fingerprint density at radius 3 is 2.40 bits per heavy atom. The summed E-state index contributed by atoms with van der Waals surface area (Å²) >= 11 is 0. The van der Waals surface area contributed by atoms with E-state index in [2.05, 4.69) is 5.16 Å². The van der Waals surface area contributed by atoms with E-state index in [1.165, 1.54) is 0 Å². The largest absolute Gasteiger partial charge is 0.393 e. The van der Waals surface area contributed by atoms with E-state index in [4.69, 9.17) is 4.84 Å². The second-order valence-electron chi connectivity index (χ2n) is 2.28. The average molecular weight is 143 g/mol. The van der Waals surface area contributed by atoms with Gasteiger partial charge in [0, 0.05) is 0 Å². The first-order valence-electron chi connectivity index (χ1n) is 3.98. The molecule has 0 aliphatic carbocycles. The lowest BCUT2D eigenvalue weighted by Gasteiger charge is -2.14. The summed E-state index contributed by atoms with van der Waals surface area (Å²) in [4.78, 5) is 4.98. The summed E-state index contributed by atoms with van der Waals surface area (Å²) in [7, 11) is 0. The van der Waals surface area contributed by atoms with Gasteiger partial charge < -0.3 is 4.84 Å². The fourth-order valence-corrected chi connectivity index (χ4v) is 0.690. The Bertz CT molecular complexity index is 110. The van der Waals surface area contributed by atoms with Gasteiger partial charge in [0.25, 0.3) is 0 Å². The minimum Gasteiger partial charge on any atom is -0.393 e. The molecule has 1 aliphatic rings. The van der Waals surface area contributed by atoms with Crippen molar-refractivity contribution in [3.8, 4) is 0 Å². The lowest BCUT2D eigenvalue weighted by molar-refractivity contribution is 0.0568. The molecule has 0 aromatic heterocycles. The first-order chi connectivity index (χ1) is 4.79. The van der Waals surface area contributed by atoms with E-state index < -0.39 is 0 Å². The molecule has 10 heavy (non-hydrogen) atoms. The molecule has 1 heterocycles. The van der Waals surface area contributed by atoms with Crippen molar-refractivity contribution >= 4 is 5.71 Å². The van der Waals surface area contributed by atoms with Crippen LogP contribution in [-0.4, -0.2) is 11.8 Å². The lowest BCUT2D eigenvalue weighted by atomic mass is 10.1. The Balaban J connectivity index is 0.000000371. The van der Waals surface area contributed by atoms with Crippen molar-refractivity contribution in [1.29, 1.82) is 0 Å². The third kappa shape index (κ3) is 3.49. The van der Waals surface area contributed by atoms with Gasteiger partial charge in [0.1, 0.15) is 6.10 Å². The van der Waals surface area contributed by atoms with Crippen LogP contribution in [-0.2, 0) is 4.84 Å². The van der Waals surface area contributed by atoms with Crippen LogP contribution >= 0.6 is 0 Å². The summed E-state index contributed by atoms with van der Waals surface area (Å²) in [6.45, 7) is 8.03. The molecule has 2 heteroatoms. The Morgan fingerprint density at radius 2 is 2.10 bits per heavy atom. The van der Waals surface area contributed by atoms with Gasteiger partial charge >= 0.3 is 0 Å². The van der Waals surface area contributed by atoms with Crippen molar-refractivity contribution in [3.05, 3.63) is 0 Å². The second kappa shape index (κ2) is 5.27. The molecule has 0 saturated heterocycles. The van der Waals surface area contributed by atoms with E-state index >= 15 is 0 Å². The van der Waals surface area contributed by atoms with Gasteiger partial charge in [0.2, 0.25) is 0 Å². The summed E-state index contributed by atoms with van der Waals surface area (Å²) in [5.41, 5.74) is 1.11. The minimum absolute atomic E-state index is 0.332. The maximum atomic E-state index is 4.98. The van der Waals surface area contributed by atoms with Gasteiger partial charge in [-0.1, -0.05) is 19.0 Å². The van der Waals surface area contributed by atoms with E-state index in [1.807, 2.05) is 27.7 Å². The number of hydrogen-bond donors (Lipinski definition) is 0. The monoisotopic (exact) mass is 143 g/mol. The fraction of sp³-hybridized carbons (Fsp3) is 0.875. The maximum Gasteiger partial charge on any atom is 0.125 e. The Morgan fingerprint density at radius 1 is 1.50 bits per heavy atom. The molecule has 1 atom stereocenters. The zero-order chi connectivity index (χ0) is 7.98. The molecule has 1 rings (SSSR count). The number of nitrogens with zero attached hydrogens (tertiary/aromatic N) is 1. The minimum atomic E-state index is 0.332. The van der Waals surface area contributed by atoms with Crippen LogP contribution in [0, 0.1) is 0 Å². The van der Waals surface area contributed by atoms with E-state index in [0.29, 0.717) is 6.10 Å². The fourth-order valence-electron chi connectivity index (χ4n) is 0.690. The summed E-state index contributed by atoms with van der Waals surface area (Å²) in [6.07, 6.45) is 2.55. The topological polar surface area (TPSA) is 21.6 Å². The zero-order valence-electron chi connectivity index (χ0n) is 7.35. The van der Waals surface area contributed by atoms with Crippen LogP contribution in [0.5, 0.6) is 0 Å². The van der Waals surface area contributed by atoms with Crippen molar-refractivity contribution in [3.63, 3.8) is 0 Å². The third-order valence-corrected chi connectivity index (χ3v) is 1.30. The van der Waals surface area contributed by atoms with Crippen molar-refractivity contribution in [2.75, 3.05) is 0 Å². The molecule has 0 saturated carbocycles. The van der Waals surface area contributed by atoms with Crippen LogP contribution in [0.4, 0.5) is 0 Å². The second-order valence-corrected chi connectivity index (χ2v) is 2.28. The van der Waals surface area contributed by atoms with Gasteiger partial charge in [-0.25, -0.2) is 0 Å². The van der Waals surface area contributed by atoms with Gasteiger partial charge in [-0.3, -0.25) is 0 Å². The van der Waals surface area contributed by atoms with Gasteiger partial charge in [0.05, 0.1) is 5.71 Å². The summed E-state index contributed by atoms with van der Waals surface area (Å²) in [6, 6.07) is 0. The molecule has 1 aliphatic heterocycles. The number of rotatable bonds is 0. The van der Waals surface area contributed by atoms with Crippen LogP contribution in [0.1, 0.15) is 40.5 Å². The smallest absolute Gasteiger partial charge is 0.125 e. The third-order valence-electron chi connectivity index (χ3n) is 1.30. The highest BCUT2D eigenvalue weighted by Crippen LogP contribution is 2.08. The number of hydrogen-bond acceptors (Lipinski definition) is 2. The molecule has 0 bridgehead atoms. The molecule has 0 spiro atoms. The van der Waals surface area contributed by atoms with E-state index in [0.717, 1.165) is 18.6 Å².